The Labute approximate surface area is 139 Å². The fraction of sp³-hybridized carbons (Fsp3) is 0.882. The molecule has 1 amide bonds. The maximum Gasteiger partial charge on any atom is 0.410 e. The number of rotatable bonds is 7. The molecule has 1 aliphatic rings. The lowest BCUT2D eigenvalue weighted by Crippen LogP contribution is -2.42. The monoisotopic (exact) mass is 328 g/mol. The Morgan fingerprint density at radius 1 is 1.35 bits per heavy atom. The minimum Gasteiger partial charge on any atom is -0.466 e. The zero-order valence-corrected chi connectivity index (χ0v) is 15.2. The van der Waals surface area contributed by atoms with Gasteiger partial charge < -0.3 is 19.7 Å². The Hall–Kier alpha value is -1.30. The lowest BCUT2D eigenvalue weighted by Gasteiger charge is -2.30. The van der Waals surface area contributed by atoms with Crippen LogP contribution in [-0.4, -0.2) is 54.3 Å². The van der Waals surface area contributed by atoms with Gasteiger partial charge in [-0.3, -0.25) is 4.79 Å². The van der Waals surface area contributed by atoms with Crippen molar-refractivity contribution in [2.75, 3.05) is 19.7 Å². The Balaban J connectivity index is 2.36. The molecule has 1 fully saturated rings. The maximum atomic E-state index is 12.3. The molecule has 0 aliphatic carbocycles. The van der Waals surface area contributed by atoms with E-state index in [1.54, 1.807) is 6.92 Å². The van der Waals surface area contributed by atoms with E-state index in [1.807, 2.05) is 25.7 Å². The smallest absolute Gasteiger partial charge is 0.410 e. The van der Waals surface area contributed by atoms with Gasteiger partial charge in [0.15, 0.2) is 0 Å². The fourth-order valence-electron chi connectivity index (χ4n) is 2.79. The van der Waals surface area contributed by atoms with Gasteiger partial charge in [-0.15, -0.1) is 0 Å². The summed E-state index contributed by atoms with van der Waals surface area (Å²) in [5, 5.41) is 3.33. The van der Waals surface area contributed by atoms with Crippen LogP contribution in [0.25, 0.3) is 0 Å². The molecule has 0 aromatic carbocycles. The molecular formula is C17H32N2O4. The standard InChI is InChI=1S/C17H32N2O4/c1-6-22-15(20)9-10-18-13(2)12-14-8-7-11-19(14)16(21)23-17(3,4)5/h13-14,18H,6-12H2,1-5H3. The normalized spacial score (nSPS) is 19.5. The van der Waals surface area contributed by atoms with Crippen LogP contribution in [0.4, 0.5) is 4.79 Å². The highest BCUT2D eigenvalue weighted by Crippen LogP contribution is 2.24. The molecule has 1 rings (SSSR count). The van der Waals surface area contributed by atoms with Gasteiger partial charge in [-0.1, -0.05) is 0 Å². The molecule has 0 radical (unpaired) electrons. The summed E-state index contributed by atoms with van der Waals surface area (Å²) in [6, 6.07) is 0.437. The predicted molar refractivity (Wildman–Crippen MR) is 89.3 cm³/mol. The SMILES string of the molecule is CCOC(=O)CCNC(C)CC1CCCN1C(=O)OC(C)(C)C. The molecule has 6 heteroatoms. The molecule has 2 atom stereocenters. The highest BCUT2D eigenvalue weighted by atomic mass is 16.6. The summed E-state index contributed by atoms with van der Waals surface area (Å²) in [7, 11) is 0. The van der Waals surface area contributed by atoms with Crippen LogP contribution in [0.2, 0.25) is 0 Å². The van der Waals surface area contributed by atoms with Crippen molar-refractivity contribution in [1.29, 1.82) is 0 Å². The van der Waals surface area contributed by atoms with E-state index < -0.39 is 5.60 Å². The van der Waals surface area contributed by atoms with Gasteiger partial charge in [0, 0.05) is 25.2 Å². The van der Waals surface area contributed by atoms with Crippen molar-refractivity contribution in [1.82, 2.24) is 10.2 Å². The van der Waals surface area contributed by atoms with Gasteiger partial charge in [-0.2, -0.15) is 0 Å². The van der Waals surface area contributed by atoms with E-state index >= 15 is 0 Å². The van der Waals surface area contributed by atoms with Crippen molar-refractivity contribution in [2.45, 2.75) is 78.0 Å². The summed E-state index contributed by atoms with van der Waals surface area (Å²) in [6.07, 6.45) is 3.03. The summed E-state index contributed by atoms with van der Waals surface area (Å²) in [5.41, 5.74) is -0.465. The second kappa shape index (κ2) is 9.11. The quantitative estimate of drug-likeness (QED) is 0.728. The molecule has 0 spiro atoms. The summed E-state index contributed by atoms with van der Waals surface area (Å²) in [5.74, 6) is -0.177. The molecule has 23 heavy (non-hydrogen) atoms. The van der Waals surface area contributed by atoms with Crippen molar-refractivity contribution < 1.29 is 19.1 Å². The molecule has 0 aromatic heterocycles. The average molecular weight is 328 g/mol. The first-order chi connectivity index (χ1) is 10.7. The van der Waals surface area contributed by atoms with Gasteiger partial charge in [-0.25, -0.2) is 4.79 Å². The number of likely N-dealkylation sites (tertiary alicyclic amines) is 1. The van der Waals surface area contributed by atoms with Crippen molar-refractivity contribution in [3.05, 3.63) is 0 Å². The summed E-state index contributed by atoms with van der Waals surface area (Å²) >= 11 is 0. The summed E-state index contributed by atoms with van der Waals surface area (Å²) in [4.78, 5) is 25.4. The minimum atomic E-state index is -0.465. The number of nitrogens with zero attached hydrogens (tertiary/aromatic N) is 1. The molecule has 134 valence electrons. The van der Waals surface area contributed by atoms with Crippen LogP contribution < -0.4 is 5.32 Å². The van der Waals surface area contributed by atoms with Crippen LogP contribution in [0.5, 0.6) is 0 Å². The first-order valence-electron chi connectivity index (χ1n) is 8.61. The van der Waals surface area contributed by atoms with Gasteiger partial charge in [0.1, 0.15) is 5.60 Å². The third kappa shape index (κ3) is 7.68. The number of ether oxygens (including phenoxy) is 2. The first-order valence-corrected chi connectivity index (χ1v) is 8.61. The van der Waals surface area contributed by atoms with Gasteiger partial charge in [0.25, 0.3) is 0 Å². The molecule has 1 saturated heterocycles. The van der Waals surface area contributed by atoms with E-state index in [-0.39, 0.29) is 24.1 Å². The Morgan fingerprint density at radius 3 is 2.65 bits per heavy atom. The molecule has 1 heterocycles. The van der Waals surface area contributed by atoms with E-state index in [0.29, 0.717) is 19.6 Å². The van der Waals surface area contributed by atoms with Crippen molar-refractivity contribution in [3.8, 4) is 0 Å². The zero-order chi connectivity index (χ0) is 17.5. The van der Waals surface area contributed by atoms with Crippen molar-refractivity contribution in [3.63, 3.8) is 0 Å². The van der Waals surface area contributed by atoms with Crippen molar-refractivity contribution in [2.24, 2.45) is 0 Å². The number of nitrogens with one attached hydrogen (secondary N) is 1. The number of hydrogen-bond acceptors (Lipinski definition) is 5. The van der Waals surface area contributed by atoms with Gasteiger partial charge >= 0.3 is 12.1 Å². The van der Waals surface area contributed by atoms with E-state index in [0.717, 1.165) is 25.8 Å². The van der Waals surface area contributed by atoms with Crippen LogP contribution in [0, 0.1) is 0 Å². The number of esters is 1. The fourth-order valence-corrected chi connectivity index (χ4v) is 2.79. The first kappa shape index (κ1) is 19.7. The number of hydrogen-bond donors (Lipinski definition) is 1. The topological polar surface area (TPSA) is 67.9 Å². The Bertz CT molecular complexity index is 393. The Kier molecular flexibility index (Phi) is 7.82. The van der Waals surface area contributed by atoms with E-state index in [1.165, 1.54) is 0 Å². The summed E-state index contributed by atoms with van der Waals surface area (Å²) in [6.45, 7) is 11.3. The molecule has 0 aromatic rings. The molecule has 0 bridgehead atoms. The molecule has 1 N–H and O–H groups in total. The highest BCUT2D eigenvalue weighted by molar-refractivity contribution is 5.69. The third-order valence-corrected chi connectivity index (χ3v) is 3.76. The molecule has 6 nitrogen and oxygen atoms in total. The summed E-state index contributed by atoms with van der Waals surface area (Å²) < 4.78 is 10.4. The Morgan fingerprint density at radius 2 is 2.04 bits per heavy atom. The van der Waals surface area contributed by atoms with E-state index in [4.69, 9.17) is 9.47 Å². The lowest BCUT2D eigenvalue weighted by molar-refractivity contribution is -0.143. The van der Waals surface area contributed by atoms with E-state index in [2.05, 4.69) is 12.2 Å². The van der Waals surface area contributed by atoms with Crippen LogP contribution in [0.15, 0.2) is 0 Å². The number of amides is 1. The van der Waals surface area contributed by atoms with Gasteiger partial charge in [0.05, 0.1) is 13.0 Å². The number of carbonyl (C=O) groups is 2. The second-order valence-corrected chi connectivity index (χ2v) is 7.12. The van der Waals surface area contributed by atoms with Crippen LogP contribution in [-0.2, 0) is 14.3 Å². The number of carbonyl (C=O) groups excluding carboxylic acids is 2. The van der Waals surface area contributed by atoms with Crippen LogP contribution >= 0.6 is 0 Å². The van der Waals surface area contributed by atoms with Crippen LogP contribution in [0.3, 0.4) is 0 Å². The third-order valence-electron chi connectivity index (χ3n) is 3.76. The highest BCUT2D eigenvalue weighted by Gasteiger charge is 2.32. The predicted octanol–water partition coefficient (Wildman–Crippen LogP) is 2.71. The molecule has 2 unspecified atom stereocenters. The molecule has 0 saturated carbocycles. The minimum absolute atomic E-state index is 0.177. The largest absolute Gasteiger partial charge is 0.466 e. The molecular weight excluding hydrogens is 296 g/mol. The van der Waals surface area contributed by atoms with Crippen molar-refractivity contribution >= 4 is 12.1 Å². The van der Waals surface area contributed by atoms with Crippen LogP contribution in [0.1, 0.15) is 60.3 Å². The van der Waals surface area contributed by atoms with Gasteiger partial charge in [-0.05, 0) is 53.9 Å². The average Bonchev–Trinajstić information content (AvgIpc) is 2.85. The maximum absolute atomic E-state index is 12.3. The zero-order valence-electron chi connectivity index (χ0n) is 15.2. The lowest BCUT2D eigenvalue weighted by atomic mass is 10.1. The molecule has 1 aliphatic heterocycles. The van der Waals surface area contributed by atoms with Gasteiger partial charge in [0.2, 0.25) is 0 Å². The second-order valence-electron chi connectivity index (χ2n) is 7.12. The van der Waals surface area contributed by atoms with E-state index in [9.17, 15) is 9.59 Å².